The Labute approximate surface area is 215 Å². The van der Waals surface area contributed by atoms with Crippen molar-refractivity contribution in [2.75, 3.05) is 0 Å². The number of esters is 1. The zero-order chi connectivity index (χ0) is 26.9. The van der Waals surface area contributed by atoms with Gasteiger partial charge in [0, 0.05) is 29.2 Å². The van der Waals surface area contributed by atoms with E-state index < -0.39 is 35.6 Å². The first-order valence-electron chi connectivity index (χ1n) is 12.4. The highest BCUT2D eigenvalue weighted by molar-refractivity contribution is 8.02. The predicted molar refractivity (Wildman–Crippen MR) is 145 cm³/mol. The Morgan fingerprint density at radius 1 is 1.26 bits per heavy atom. The third-order valence-corrected chi connectivity index (χ3v) is 7.46. The van der Waals surface area contributed by atoms with E-state index in [1.54, 1.807) is 32.5 Å². The number of hydrogen-bond donors (Lipinski definition) is 3. The number of nitrogens with two attached hydrogens (primary N) is 1. The summed E-state index contributed by atoms with van der Waals surface area (Å²) in [5.74, 6) is -1.81. The van der Waals surface area contributed by atoms with E-state index >= 15 is 0 Å². The van der Waals surface area contributed by atoms with E-state index in [0.717, 1.165) is 11.1 Å². The number of ketones is 1. The maximum atomic E-state index is 13.2. The summed E-state index contributed by atoms with van der Waals surface area (Å²) < 4.78 is 5.77. The van der Waals surface area contributed by atoms with Gasteiger partial charge in [0.05, 0.1) is 24.0 Å². The zero-order valence-electron chi connectivity index (χ0n) is 22.6. The molecule has 0 bridgehead atoms. The van der Waals surface area contributed by atoms with Crippen LogP contribution < -0.4 is 5.73 Å². The van der Waals surface area contributed by atoms with Gasteiger partial charge in [-0.2, -0.15) is 0 Å². The van der Waals surface area contributed by atoms with Crippen LogP contribution in [0.5, 0.6) is 0 Å². The molecule has 1 aliphatic rings. The molecule has 0 saturated heterocycles. The molecule has 0 radical (unpaired) electrons. The molecule has 0 aliphatic carbocycles. The second-order valence-corrected chi connectivity index (χ2v) is 12.0. The zero-order valence-corrected chi connectivity index (χ0v) is 23.4. The van der Waals surface area contributed by atoms with Crippen molar-refractivity contribution in [3.63, 3.8) is 0 Å². The third kappa shape index (κ3) is 9.98. The average Bonchev–Trinajstić information content (AvgIpc) is 2.77. The first-order chi connectivity index (χ1) is 16.2. The molecule has 1 rings (SSSR count). The summed E-state index contributed by atoms with van der Waals surface area (Å²) in [6.07, 6.45) is 5.88. The molecular formula is C28H45NO5S. The van der Waals surface area contributed by atoms with Crippen LogP contribution in [0, 0.1) is 17.3 Å². The fourth-order valence-corrected chi connectivity index (χ4v) is 4.38. The minimum absolute atomic E-state index is 0.232. The molecule has 0 aromatic rings. The molecule has 5 atom stereocenters. The van der Waals surface area contributed by atoms with Crippen molar-refractivity contribution in [3.05, 3.63) is 46.6 Å². The summed E-state index contributed by atoms with van der Waals surface area (Å²) in [6.45, 7) is 14.8. The smallest absolute Gasteiger partial charge is 0.309 e. The van der Waals surface area contributed by atoms with Crippen molar-refractivity contribution in [3.8, 4) is 0 Å². The molecule has 0 spiro atoms. The molecule has 1 aliphatic heterocycles. The monoisotopic (exact) mass is 507 g/mol. The molecule has 198 valence electrons. The largest absolute Gasteiger partial charge is 0.457 e. The van der Waals surface area contributed by atoms with Gasteiger partial charge in [-0.1, -0.05) is 65.3 Å². The Kier molecular flexibility index (Phi) is 12.5. The lowest BCUT2D eigenvalue weighted by Gasteiger charge is -2.34. The van der Waals surface area contributed by atoms with Gasteiger partial charge < -0.3 is 20.7 Å². The van der Waals surface area contributed by atoms with Gasteiger partial charge in [-0.05, 0) is 37.3 Å². The van der Waals surface area contributed by atoms with Crippen LogP contribution >= 0.6 is 11.8 Å². The number of rotatable bonds is 4. The highest BCUT2D eigenvalue weighted by atomic mass is 32.2. The van der Waals surface area contributed by atoms with Gasteiger partial charge in [-0.3, -0.25) is 9.59 Å². The van der Waals surface area contributed by atoms with Crippen LogP contribution in [0.3, 0.4) is 0 Å². The van der Waals surface area contributed by atoms with Gasteiger partial charge in [0.1, 0.15) is 11.9 Å². The number of allylic oxidation sites excluding steroid dienone is 3. The van der Waals surface area contributed by atoms with E-state index in [9.17, 15) is 19.8 Å². The quantitative estimate of drug-likeness (QED) is 0.277. The summed E-state index contributed by atoms with van der Waals surface area (Å²) in [5.41, 5.74) is 7.39. The Morgan fingerprint density at radius 2 is 1.89 bits per heavy atom. The minimum atomic E-state index is -1.24. The number of aliphatic hydroxyl groups excluding tert-OH is 2. The molecule has 0 aromatic heterocycles. The molecule has 0 amide bonds. The van der Waals surface area contributed by atoms with Crippen molar-refractivity contribution >= 4 is 23.5 Å². The van der Waals surface area contributed by atoms with E-state index in [1.165, 1.54) is 0 Å². The van der Waals surface area contributed by atoms with Crippen LogP contribution in [0.4, 0.5) is 0 Å². The molecule has 0 saturated carbocycles. The summed E-state index contributed by atoms with van der Waals surface area (Å²) in [6, 6.07) is 0. The van der Waals surface area contributed by atoms with Crippen LogP contribution in [0.1, 0.15) is 74.7 Å². The van der Waals surface area contributed by atoms with Crippen LogP contribution in [0.15, 0.2) is 46.6 Å². The van der Waals surface area contributed by atoms with E-state index in [-0.39, 0.29) is 18.1 Å². The summed E-state index contributed by atoms with van der Waals surface area (Å²) >= 11 is 1.61. The molecule has 35 heavy (non-hydrogen) atoms. The highest BCUT2D eigenvalue weighted by Crippen LogP contribution is 2.31. The lowest BCUT2D eigenvalue weighted by molar-refractivity contribution is -0.154. The molecule has 0 aromatic carbocycles. The molecular weight excluding hydrogens is 462 g/mol. The fourth-order valence-electron chi connectivity index (χ4n) is 3.89. The van der Waals surface area contributed by atoms with Crippen molar-refractivity contribution in [2.45, 2.75) is 98.2 Å². The number of Topliss-reactive ketones (excluding diaryl/α,β-unsaturated/α-hetero) is 1. The van der Waals surface area contributed by atoms with Gasteiger partial charge in [0.25, 0.3) is 0 Å². The number of thioether (sulfide) groups is 1. The Bertz CT molecular complexity index is 855. The normalized spacial score (nSPS) is 32.7. The maximum absolute atomic E-state index is 13.2. The van der Waals surface area contributed by atoms with Gasteiger partial charge in [0.2, 0.25) is 0 Å². The first-order valence-corrected chi connectivity index (χ1v) is 13.3. The fraction of sp³-hybridized carbons (Fsp3) is 0.643. The van der Waals surface area contributed by atoms with Crippen molar-refractivity contribution in [1.29, 1.82) is 0 Å². The number of cyclic esters (lactones) is 1. The van der Waals surface area contributed by atoms with Crippen molar-refractivity contribution in [2.24, 2.45) is 23.0 Å². The van der Waals surface area contributed by atoms with Gasteiger partial charge >= 0.3 is 5.97 Å². The Morgan fingerprint density at radius 3 is 2.49 bits per heavy atom. The lowest BCUT2D eigenvalue weighted by atomic mass is 9.73. The summed E-state index contributed by atoms with van der Waals surface area (Å²) in [4.78, 5) is 26.0. The summed E-state index contributed by atoms with van der Waals surface area (Å²) in [7, 11) is 0. The SMILES string of the molecule is C/C1=C/C[C@@H](/C(C)=C/C(N)=C/SC(C)C)OC(=O)C[C@H](O)C(C)(C)C(=O)[C@H](C)[C@@H](O)[C@@H](C)/C=C/C1. The predicted octanol–water partition coefficient (Wildman–Crippen LogP) is 5.06. The minimum Gasteiger partial charge on any atom is -0.457 e. The Hall–Kier alpha value is -1.83. The topological polar surface area (TPSA) is 110 Å². The van der Waals surface area contributed by atoms with Gasteiger partial charge in [0.15, 0.2) is 0 Å². The second-order valence-electron chi connectivity index (χ2n) is 10.5. The summed E-state index contributed by atoms with van der Waals surface area (Å²) in [5, 5.41) is 23.8. The molecule has 7 heteroatoms. The number of ether oxygens (including phenoxy) is 1. The van der Waals surface area contributed by atoms with E-state index in [0.29, 0.717) is 23.8 Å². The molecule has 1 heterocycles. The molecule has 0 fully saturated rings. The van der Waals surface area contributed by atoms with Crippen molar-refractivity contribution < 1.29 is 24.5 Å². The van der Waals surface area contributed by atoms with Gasteiger partial charge in [-0.15, -0.1) is 11.8 Å². The number of carbonyl (C=O) groups is 2. The van der Waals surface area contributed by atoms with Crippen molar-refractivity contribution in [1.82, 2.24) is 0 Å². The standard InChI is InChI=1S/C28H45NO5S/c1-17(2)35-16-22(29)14-20(5)23-13-12-18(3)10-9-11-19(4)26(32)21(6)27(33)28(7,8)24(30)15-25(31)34-23/h9,11-12,14,16-17,19,21,23-24,26,30,32H,10,13,15,29H2,1-8H3/b11-9+,18-12-,20-14+,22-16-/t19-,21+,23-,24-,26-/m0/s1. The molecule has 4 N–H and O–H groups in total. The second kappa shape index (κ2) is 14.0. The molecule has 6 nitrogen and oxygen atoms in total. The van der Waals surface area contributed by atoms with E-state index in [1.807, 2.05) is 50.5 Å². The van der Waals surface area contributed by atoms with E-state index in [4.69, 9.17) is 10.5 Å². The first kappa shape index (κ1) is 31.2. The highest BCUT2D eigenvalue weighted by Gasteiger charge is 2.42. The van der Waals surface area contributed by atoms with Crippen LogP contribution in [-0.2, 0) is 14.3 Å². The maximum Gasteiger partial charge on any atom is 0.309 e. The van der Waals surface area contributed by atoms with Crippen LogP contribution in [-0.4, -0.2) is 45.5 Å². The average molecular weight is 508 g/mol. The third-order valence-electron chi connectivity index (χ3n) is 6.50. The Balaban J connectivity index is 3.31. The van der Waals surface area contributed by atoms with Gasteiger partial charge in [-0.25, -0.2) is 0 Å². The van der Waals surface area contributed by atoms with E-state index in [2.05, 4.69) is 13.8 Å². The number of hydrogen-bond acceptors (Lipinski definition) is 7. The van der Waals surface area contributed by atoms with Crippen LogP contribution in [0.2, 0.25) is 0 Å². The lowest BCUT2D eigenvalue weighted by Crippen LogP contribution is -2.45. The van der Waals surface area contributed by atoms with Crippen LogP contribution in [0.25, 0.3) is 0 Å². The molecule has 0 unspecified atom stereocenters. The number of carbonyl (C=O) groups excluding carboxylic acids is 2. The number of aliphatic hydroxyl groups is 2.